The molecule has 2 heteroatoms. The van der Waals surface area contributed by atoms with Gasteiger partial charge in [0.15, 0.2) is 0 Å². The summed E-state index contributed by atoms with van der Waals surface area (Å²) in [5.74, 6) is 1.65. The lowest BCUT2D eigenvalue weighted by atomic mass is 9.96. The summed E-state index contributed by atoms with van der Waals surface area (Å²) in [6.45, 7) is 4.32. The largest absolute Gasteiger partial charge is 0.494 e. The van der Waals surface area contributed by atoms with E-state index in [4.69, 9.17) is 4.74 Å². The average molecular weight is 321 g/mol. The maximum atomic E-state index is 5.79. The van der Waals surface area contributed by atoms with E-state index in [9.17, 15) is 0 Å². The zero-order valence-corrected chi connectivity index (χ0v) is 14.3. The summed E-state index contributed by atoms with van der Waals surface area (Å²) in [5.41, 5.74) is 1.30. The minimum atomic E-state index is 0.675. The number of para-hydroxylation sites is 1. The van der Waals surface area contributed by atoms with Crippen molar-refractivity contribution >= 4 is 6.08 Å². The molecule has 1 unspecified atom stereocenters. The molecule has 0 N–H and O–H groups in total. The van der Waals surface area contributed by atoms with E-state index < -0.39 is 0 Å². The fourth-order valence-electron chi connectivity index (χ4n) is 3.26. The number of hydrogen-bond donors (Lipinski definition) is 0. The highest BCUT2D eigenvalue weighted by atomic mass is 16.5. The van der Waals surface area contributed by atoms with Gasteiger partial charge in [-0.1, -0.05) is 60.7 Å². The number of rotatable bonds is 7. The van der Waals surface area contributed by atoms with Gasteiger partial charge < -0.3 is 9.64 Å². The SMILES string of the molecule is C(=C/C1CCCN(CCCOc2ccccc2)C1)/c1ccccc1. The third kappa shape index (κ3) is 5.54. The van der Waals surface area contributed by atoms with E-state index in [2.05, 4.69) is 47.4 Å². The molecule has 1 heterocycles. The molecular weight excluding hydrogens is 294 g/mol. The van der Waals surface area contributed by atoms with Crippen molar-refractivity contribution in [3.8, 4) is 5.75 Å². The van der Waals surface area contributed by atoms with E-state index in [-0.39, 0.29) is 0 Å². The van der Waals surface area contributed by atoms with Gasteiger partial charge in [0.1, 0.15) is 5.75 Å². The second-order valence-corrected chi connectivity index (χ2v) is 6.49. The van der Waals surface area contributed by atoms with Gasteiger partial charge in [0.25, 0.3) is 0 Å². The summed E-state index contributed by atoms with van der Waals surface area (Å²) < 4.78 is 5.79. The highest BCUT2D eigenvalue weighted by molar-refractivity contribution is 5.49. The lowest BCUT2D eigenvalue weighted by molar-refractivity contribution is 0.180. The summed E-state index contributed by atoms with van der Waals surface area (Å²) in [6, 6.07) is 20.7. The molecule has 0 amide bonds. The van der Waals surface area contributed by atoms with Gasteiger partial charge in [-0.05, 0) is 49.4 Å². The maximum Gasteiger partial charge on any atom is 0.119 e. The molecule has 1 aliphatic heterocycles. The molecule has 0 aliphatic carbocycles. The van der Waals surface area contributed by atoms with Crippen molar-refractivity contribution in [1.82, 2.24) is 4.90 Å². The first-order valence-corrected chi connectivity index (χ1v) is 9.03. The number of hydrogen-bond acceptors (Lipinski definition) is 2. The number of piperidine rings is 1. The molecule has 3 rings (SSSR count). The molecule has 0 radical (unpaired) electrons. The molecule has 0 spiro atoms. The predicted octanol–water partition coefficient (Wildman–Crippen LogP) is 4.88. The van der Waals surface area contributed by atoms with Gasteiger partial charge in [0.2, 0.25) is 0 Å². The third-order valence-electron chi connectivity index (χ3n) is 4.53. The summed E-state index contributed by atoms with van der Waals surface area (Å²) in [7, 11) is 0. The van der Waals surface area contributed by atoms with Gasteiger partial charge in [-0.3, -0.25) is 0 Å². The van der Waals surface area contributed by atoms with Gasteiger partial charge in [-0.25, -0.2) is 0 Å². The Kier molecular flexibility index (Phi) is 6.50. The van der Waals surface area contributed by atoms with Crippen molar-refractivity contribution in [3.05, 3.63) is 72.3 Å². The Morgan fingerprint density at radius 2 is 1.75 bits per heavy atom. The van der Waals surface area contributed by atoms with Crippen LogP contribution in [-0.2, 0) is 0 Å². The number of benzene rings is 2. The number of ether oxygens (including phenoxy) is 1. The second-order valence-electron chi connectivity index (χ2n) is 6.49. The molecule has 1 saturated heterocycles. The Bertz CT molecular complexity index is 608. The van der Waals surface area contributed by atoms with E-state index in [1.807, 2.05) is 30.3 Å². The standard InChI is InChI=1S/C22H27NO/c1-3-9-20(10-4-1)14-15-21-11-7-16-23(19-21)17-8-18-24-22-12-5-2-6-13-22/h1-6,9-10,12-15,21H,7-8,11,16-19H2/b15-14-. The van der Waals surface area contributed by atoms with E-state index in [0.29, 0.717) is 5.92 Å². The first-order valence-electron chi connectivity index (χ1n) is 9.03. The van der Waals surface area contributed by atoms with Gasteiger partial charge in [0, 0.05) is 13.1 Å². The van der Waals surface area contributed by atoms with E-state index >= 15 is 0 Å². The zero-order valence-electron chi connectivity index (χ0n) is 14.3. The van der Waals surface area contributed by atoms with Crippen LogP contribution in [0.25, 0.3) is 6.08 Å². The molecule has 2 aromatic rings. The van der Waals surface area contributed by atoms with Gasteiger partial charge in [-0.2, -0.15) is 0 Å². The van der Waals surface area contributed by atoms with Crippen LogP contribution in [0.15, 0.2) is 66.7 Å². The highest BCUT2D eigenvalue weighted by Gasteiger charge is 2.17. The van der Waals surface area contributed by atoms with Crippen LogP contribution in [0.4, 0.5) is 0 Å². The minimum Gasteiger partial charge on any atom is -0.494 e. The molecule has 2 nitrogen and oxygen atoms in total. The van der Waals surface area contributed by atoms with Crippen LogP contribution >= 0.6 is 0 Å². The second kappa shape index (κ2) is 9.29. The first-order chi connectivity index (χ1) is 11.9. The normalized spacial score (nSPS) is 18.8. The van der Waals surface area contributed by atoms with Crippen LogP contribution in [0.5, 0.6) is 5.75 Å². The van der Waals surface area contributed by atoms with Crippen LogP contribution in [0.1, 0.15) is 24.8 Å². The fraction of sp³-hybridized carbons (Fsp3) is 0.364. The Hall–Kier alpha value is -2.06. The van der Waals surface area contributed by atoms with Crippen LogP contribution in [0.2, 0.25) is 0 Å². The maximum absolute atomic E-state index is 5.79. The summed E-state index contributed by atoms with van der Waals surface area (Å²) in [5, 5.41) is 0. The summed E-state index contributed by atoms with van der Waals surface area (Å²) in [6.07, 6.45) is 8.35. The Labute approximate surface area is 145 Å². The number of nitrogens with zero attached hydrogens (tertiary/aromatic N) is 1. The molecular formula is C22H27NO. The Morgan fingerprint density at radius 1 is 1.00 bits per heavy atom. The van der Waals surface area contributed by atoms with Crippen molar-refractivity contribution in [3.63, 3.8) is 0 Å². The Balaban J connectivity index is 1.38. The first kappa shape index (κ1) is 16.8. The fourth-order valence-corrected chi connectivity index (χ4v) is 3.26. The quantitative estimate of drug-likeness (QED) is 0.674. The molecule has 2 aromatic carbocycles. The van der Waals surface area contributed by atoms with Gasteiger partial charge >= 0.3 is 0 Å². The zero-order chi connectivity index (χ0) is 16.5. The van der Waals surface area contributed by atoms with Crippen molar-refractivity contribution in [2.24, 2.45) is 5.92 Å². The molecule has 0 aromatic heterocycles. The molecule has 0 saturated carbocycles. The van der Waals surface area contributed by atoms with E-state index in [1.165, 1.54) is 31.5 Å². The van der Waals surface area contributed by atoms with Crippen LogP contribution in [0.3, 0.4) is 0 Å². The average Bonchev–Trinajstić information content (AvgIpc) is 2.66. The molecule has 1 atom stereocenters. The van der Waals surface area contributed by atoms with Crippen molar-refractivity contribution in [1.29, 1.82) is 0 Å². The van der Waals surface area contributed by atoms with Gasteiger partial charge in [0.05, 0.1) is 6.61 Å². The predicted molar refractivity (Wildman–Crippen MR) is 101 cm³/mol. The topological polar surface area (TPSA) is 12.5 Å². The number of likely N-dealkylation sites (tertiary alicyclic amines) is 1. The smallest absolute Gasteiger partial charge is 0.119 e. The summed E-state index contributed by atoms with van der Waals surface area (Å²) >= 11 is 0. The summed E-state index contributed by atoms with van der Waals surface area (Å²) in [4.78, 5) is 2.58. The molecule has 126 valence electrons. The highest BCUT2D eigenvalue weighted by Crippen LogP contribution is 2.19. The minimum absolute atomic E-state index is 0.675. The van der Waals surface area contributed by atoms with Crippen LogP contribution in [-0.4, -0.2) is 31.1 Å². The molecule has 24 heavy (non-hydrogen) atoms. The third-order valence-corrected chi connectivity index (χ3v) is 4.53. The monoisotopic (exact) mass is 321 g/mol. The molecule has 1 aliphatic rings. The van der Waals surface area contributed by atoms with Crippen molar-refractivity contribution < 1.29 is 4.74 Å². The Morgan fingerprint density at radius 3 is 2.54 bits per heavy atom. The molecule has 0 bridgehead atoms. The van der Waals surface area contributed by atoms with Crippen molar-refractivity contribution in [2.45, 2.75) is 19.3 Å². The van der Waals surface area contributed by atoms with Crippen molar-refractivity contribution in [2.75, 3.05) is 26.2 Å². The van der Waals surface area contributed by atoms with Crippen LogP contribution in [0, 0.1) is 5.92 Å². The molecule has 1 fully saturated rings. The van der Waals surface area contributed by atoms with Gasteiger partial charge in [-0.15, -0.1) is 0 Å². The lowest BCUT2D eigenvalue weighted by Crippen LogP contribution is -2.35. The lowest BCUT2D eigenvalue weighted by Gasteiger charge is -2.31. The van der Waals surface area contributed by atoms with E-state index in [0.717, 1.165) is 25.3 Å². The van der Waals surface area contributed by atoms with Crippen LogP contribution < -0.4 is 4.74 Å². The van der Waals surface area contributed by atoms with E-state index in [1.54, 1.807) is 0 Å².